The van der Waals surface area contributed by atoms with Crippen LogP contribution in [0.1, 0.15) is 21.5 Å². The van der Waals surface area contributed by atoms with Crippen molar-refractivity contribution in [1.29, 1.82) is 0 Å². The Bertz CT molecular complexity index is 1110. The van der Waals surface area contributed by atoms with Gasteiger partial charge in [-0.25, -0.2) is 8.42 Å². The molecule has 3 aromatic rings. The molecule has 0 atom stereocenters. The number of hydrogen-bond acceptors (Lipinski definition) is 7. The summed E-state index contributed by atoms with van der Waals surface area (Å²) in [5.74, 6) is -0.389. The van der Waals surface area contributed by atoms with Gasteiger partial charge in [-0.3, -0.25) is 14.8 Å². The van der Waals surface area contributed by atoms with E-state index >= 15 is 0 Å². The number of carbonyl (C=O) groups is 1. The molecule has 146 valence electrons. The molecule has 0 aliphatic rings. The number of aromatic nitrogens is 2. The van der Waals surface area contributed by atoms with Gasteiger partial charge in [0.15, 0.2) is 4.34 Å². The fourth-order valence-corrected chi connectivity index (χ4v) is 4.59. The monoisotopic (exact) mass is 434 g/mol. The normalized spacial score (nSPS) is 11.2. The lowest BCUT2D eigenvalue weighted by molar-refractivity contribution is 0.102. The van der Waals surface area contributed by atoms with Crippen molar-refractivity contribution in [3.05, 3.63) is 59.2 Å². The molecular formula is C18H18N4O3S3. The highest BCUT2D eigenvalue weighted by Gasteiger charge is 2.17. The summed E-state index contributed by atoms with van der Waals surface area (Å²) in [5.41, 5.74) is 2.33. The van der Waals surface area contributed by atoms with Gasteiger partial charge in [-0.05, 0) is 49.9 Å². The number of aryl methyl sites for hydroxylation is 2. The van der Waals surface area contributed by atoms with Crippen LogP contribution >= 0.6 is 23.1 Å². The third kappa shape index (κ3) is 4.70. The molecule has 1 heterocycles. The first kappa shape index (κ1) is 20.3. The van der Waals surface area contributed by atoms with E-state index in [1.807, 2.05) is 13.2 Å². The molecule has 3 rings (SSSR count). The second-order valence-corrected chi connectivity index (χ2v) is 9.69. The molecule has 0 radical (unpaired) electrons. The van der Waals surface area contributed by atoms with Crippen molar-refractivity contribution in [3.8, 4) is 0 Å². The van der Waals surface area contributed by atoms with Crippen LogP contribution in [0.25, 0.3) is 0 Å². The van der Waals surface area contributed by atoms with Gasteiger partial charge < -0.3 is 0 Å². The van der Waals surface area contributed by atoms with Crippen LogP contribution in [0.3, 0.4) is 0 Å². The van der Waals surface area contributed by atoms with Crippen LogP contribution in [0.4, 0.5) is 10.8 Å². The first-order valence-corrected chi connectivity index (χ1v) is 11.7. The maximum atomic E-state index is 12.6. The largest absolute Gasteiger partial charge is 0.296 e. The summed E-state index contributed by atoms with van der Waals surface area (Å²) in [6.45, 7) is 3.65. The molecule has 28 heavy (non-hydrogen) atoms. The molecule has 0 aliphatic heterocycles. The Balaban J connectivity index is 1.82. The number of nitrogens with one attached hydrogen (secondary N) is 2. The van der Waals surface area contributed by atoms with Crippen LogP contribution in [0.5, 0.6) is 0 Å². The van der Waals surface area contributed by atoms with E-state index in [0.29, 0.717) is 21.9 Å². The molecule has 1 amide bonds. The number of benzene rings is 2. The minimum atomic E-state index is -3.76. The van der Waals surface area contributed by atoms with Gasteiger partial charge in [0, 0.05) is 5.56 Å². The van der Waals surface area contributed by atoms with E-state index in [1.54, 1.807) is 43.3 Å². The zero-order valence-corrected chi connectivity index (χ0v) is 17.8. The lowest BCUT2D eigenvalue weighted by Gasteiger charge is -2.12. The molecule has 2 N–H and O–H groups in total. The van der Waals surface area contributed by atoms with Crippen molar-refractivity contribution in [1.82, 2.24) is 10.2 Å². The standard InChI is InChI=1S/C18H18N4O3S3/c1-11-4-8-14(9-5-11)28(24,25)22-15-10-13(7-6-12(15)2)16(23)19-17-20-21-18(26-3)27-17/h4-10,22H,1-3H3,(H,19,20,23). The average Bonchev–Trinajstić information content (AvgIpc) is 3.11. The van der Waals surface area contributed by atoms with Crippen LogP contribution < -0.4 is 10.0 Å². The first-order valence-electron chi connectivity index (χ1n) is 8.17. The quantitative estimate of drug-likeness (QED) is 0.450. The predicted molar refractivity (Wildman–Crippen MR) is 113 cm³/mol. The van der Waals surface area contributed by atoms with E-state index in [-0.39, 0.29) is 10.8 Å². The van der Waals surface area contributed by atoms with Gasteiger partial charge >= 0.3 is 0 Å². The summed E-state index contributed by atoms with van der Waals surface area (Å²) in [6.07, 6.45) is 1.87. The molecule has 0 saturated heterocycles. The van der Waals surface area contributed by atoms with E-state index in [1.165, 1.54) is 29.2 Å². The molecule has 10 heteroatoms. The van der Waals surface area contributed by atoms with Crippen LogP contribution in [-0.2, 0) is 10.0 Å². The van der Waals surface area contributed by atoms with Gasteiger partial charge in [-0.2, -0.15) is 0 Å². The van der Waals surface area contributed by atoms with E-state index in [2.05, 4.69) is 20.2 Å². The van der Waals surface area contributed by atoms with Crippen LogP contribution in [0.15, 0.2) is 51.7 Å². The molecule has 0 saturated carbocycles. The third-order valence-corrected chi connectivity index (χ3v) is 7.07. The number of sulfonamides is 1. The summed E-state index contributed by atoms with van der Waals surface area (Å²) in [4.78, 5) is 12.7. The Morgan fingerprint density at radius 1 is 1.07 bits per heavy atom. The molecule has 0 aliphatic carbocycles. The lowest BCUT2D eigenvalue weighted by Crippen LogP contribution is -2.16. The van der Waals surface area contributed by atoms with E-state index in [0.717, 1.165) is 9.90 Å². The summed E-state index contributed by atoms with van der Waals surface area (Å²) in [7, 11) is -3.76. The summed E-state index contributed by atoms with van der Waals surface area (Å²) >= 11 is 2.71. The molecule has 0 unspecified atom stereocenters. The zero-order valence-electron chi connectivity index (χ0n) is 15.4. The Morgan fingerprint density at radius 2 is 1.79 bits per heavy atom. The van der Waals surface area contributed by atoms with Crippen molar-refractivity contribution >= 4 is 49.8 Å². The Morgan fingerprint density at radius 3 is 2.43 bits per heavy atom. The fraction of sp³-hybridized carbons (Fsp3) is 0.167. The number of anilines is 2. The smallest absolute Gasteiger partial charge is 0.261 e. The maximum absolute atomic E-state index is 12.6. The highest BCUT2D eigenvalue weighted by atomic mass is 32.2. The SMILES string of the molecule is CSc1nnc(NC(=O)c2ccc(C)c(NS(=O)(=O)c3ccc(C)cc3)c2)s1. The Kier molecular flexibility index (Phi) is 6.01. The summed E-state index contributed by atoms with van der Waals surface area (Å²) < 4.78 is 28.6. The molecular weight excluding hydrogens is 416 g/mol. The number of carbonyl (C=O) groups excluding carboxylic acids is 1. The van der Waals surface area contributed by atoms with Crippen molar-refractivity contribution in [3.63, 3.8) is 0 Å². The lowest BCUT2D eigenvalue weighted by atomic mass is 10.1. The summed E-state index contributed by atoms with van der Waals surface area (Å²) in [5, 5.41) is 10.9. The zero-order chi connectivity index (χ0) is 20.3. The number of nitrogens with zero attached hydrogens (tertiary/aromatic N) is 2. The van der Waals surface area contributed by atoms with Crippen LogP contribution in [-0.4, -0.2) is 30.8 Å². The van der Waals surface area contributed by atoms with Gasteiger partial charge in [-0.1, -0.05) is 46.9 Å². The predicted octanol–water partition coefficient (Wildman–Crippen LogP) is 3.93. The van der Waals surface area contributed by atoms with Crippen molar-refractivity contribution in [2.75, 3.05) is 16.3 Å². The Hall–Kier alpha value is -2.43. The third-order valence-electron chi connectivity index (χ3n) is 3.88. The first-order chi connectivity index (χ1) is 13.3. The number of thioether (sulfide) groups is 1. The van der Waals surface area contributed by atoms with Crippen molar-refractivity contribution in [2.45, 2.75) is 23.1 Å². The van der Waals surface area contributed by atoms with Gasteiger partial charge in [0.1, 0.15) is 0 Å². The number of rotatable bonds is 6. The fourth-order valence-electron chi connectivity index (χ4n) is 2.31. The minimum absolute atomic E-state index is 0.158. The molecule has 0 spiro atoms. The molecule has 7 nitrogen and oxygen atoms in total. The van der Waals surface area contributed by atoms with E-state index < -0.39 is 10.0 Å². The molecule has 2 aromatic carbocycles. The average molecular weight is 435 g/mol. The van der Waals surface area contributed by atoms with Crippen LogP contribution in [0, 0.1) is 13.8 Å². The van der Waals surface area contributed by atoms with Gasteiger partial charge in [0.05, 0.1) is 10.6 Å². The van der Waals surface area contributed by atoms with E-state index in [9.17, 15) is 13.2 Å². The maximum Gasteiger partial charge on any atom is 0.261 e. The Labute approximate surface area is 171 Å². The van der Waals surface area contributed by atoms with Gasteiger partial charge in [0.2, 0.25) is 5.13 Å². The molecule has 1 aromatic heterocycles. The second kappa shape index (κ2) is 8.29. The van der Waals surface area contributed by atoms with Crippen molar-refractivity contribution in [2.24, 2.45) is 0 Å². The highest BCUT2D eigenvalue weighted by molar-refractivity contribution is 8.00. The van der Waals surface area contributed by atoms with Crippen molar-refractivity contribution < 1.29 is 13.2 Å². The van der Waals surface area contributed by atoms with Crippen LogP contribution in [0.2, 0.25) is 0 Å². The minimum Gasteiger partial charge on any atom is -0.296 e. The highest BCUT2D eigenvalue weighted by Crippen LogP contribution is 2.25. The molecule has 0 fully saturated rings. The molecule has 0 bridgehead atoms. The van der Waals surface area contributed by atoms with E-state index in [4.69, 9.17) is 0 Å². The topological polar surface area (TPSA) is 101 Å². The van der Waals surface area contributed by atoms with Gasteiger partial charge in [0.25, 0.3) is 15.9 Å². The number of hydrogen-bond donors (Lipinski definition) is 2. The number of amides is 1. The second-order valence-electron chi connectivity index (χ2n) is 5.98. The van der Waals surface area contributed by atoms with Gasteiger partial charge in [-0.15, -0.1) is 10.2 Å². The summed E-state index contributed by atoms with van der Waals surface area (Å²) in [6, 6.07) is 11.4.